The van der Waals surface area contributed by atoms with Crippen LogP contribution in [-0.2, 0) is 11.3 Å². The van der Waals surface area contributed by atoms with Crippen LogP contribution in [0.3, 0.4) is 0 Å². The van der Waals surface area contributed by atoms with Gasteiger partial charge in [0.25, 0.3) is 0 Å². The lowest BCUT2D eigenvalue weighted by molar-refractivity contribution is -0.00594. The van der Waals surface area contributed by atoms with Gasteiger partial charge >= 0.3 is 0 Å². The van der Waals surface area contributed by atoms with E-state index in [0.717, 1.165) is 26.2 Å². The Bertz CT molecular complexity index is 352. The molecule has 2 N–H and O–H groups in total. The third-order valence-electron chi connectivity index (χ3n) is 3.58. The minimum absolute atomic E-state index is 0.367. The monoisotopic (exact) mass is 238 g/mol. The molecular formula is C12H22N4O. The van der Waals surface area contributed by atoms with Gasteiger partial charge in [0.05, 0.1) is 12.6 Å². The Labute approximate surface area is 103 Å². The quantitative estimate of drug-likeness (QED) is 0.844. The zero-order valence-corrected chi connectivity index (χ0v) is 10.7. The van der Waals surface area contributed by atoms with Crippen molar-refractivity contribution in [2.24, 2.45) is 5.92 Å². The first kappa shape index (κ1) is 12.4. The molecule has 0 bridgehead atoms. The summed E-state index contributed by atoms with van der Waals surface area (Å²) in [6.07, 6.45) is 3.50. The van der Waals surface area contributed by atoms with E-state index in [-0.39, 0.29) is 0 Å². The van der Waals surface area contributed by atoms with Gasteiger partial charge in [-0.1, -0.05) is 6.92 Å². The van der Waals surface area contributed by atoms with Gasteiger partial charge in [0.2, 0.25) is 0 Å². The molecule has 0 aromatic carbocycles. The Morgan fingerprint density at radius 3 is 3.00 bits per heavy atom. The summed E-state index contributed by atoms with van der Waals surface area (Å²) < 4.78 is 7.40. The number of aromatic nitrogens is 2. The van der Waals surface area contributed by atoms with Crippen LogP contribution in [0.2, 0.25) is 0 Å². The first-order valence-corrected chi connectivity index (χ1v) is 6.23. The van der Waals surface area contributed by atoms with Gasteiger partial charge in [-0.15, -0.1) is 0 Å². The number of hydrogen-bond acceptors (Lipinski definition) is 4. The van der Waals surface area contributed by atoms with E-state index >= 15 is 0 Å². The molecule has 0 saturated carbocycles. The second-order valence-corrected chi connectivity index (χ2v) is 4.84. The van der Waals surface area contributed by atoms with Gasteiger partial charge in [-0.25, -0.2) is 0 Å². The number of nitrogens with zero attached hydrogens (tertiary/aromatic N) is 3. The Balaban J connectivity index is 1.80. The number of likely N-dealkylation sites (tertiary alicyclic amines) is 1. The van der Waals surface area contributed by atoms with Gasteiger partial charge in [0.15, 0.2) is 0 Å². The van der Waals surface area contributed by atoms with Gasteiger partial charge in [0, 0.05) is 26.4 Å². The summed E-state index contributed by atoms with van der Waals surface area (Å²) in [4.78, 5) is 2.44. The van der Waals surface area contributed by atoms with Gasteiger partial charge in [-0.05, 0) is 24.9 Å². The maximum Gasteiger partial charge on any atom is 0.145 e. The lowest BCUT2D eigenvalue weighted by Crippen LogP contribution is -2.44. The minimum atomic E-state index is 0.367. The highest BCUT2D eigenvalue weighted by Crippen LogP contribution is 2.19. The van der Waals surface area contributed by atoms with E-state index in [1.54, 1.807) is 7.11 Å². The van der Waals surface area contributed by atoms with Crippen molar-refractivity contribution in [3.05, 3.63) is 12.3 Å². The van der Waals surface area contributed by atoms with Crippen molar-refractivity contribution in [1.82, 2.24) is 14.7 Å². The molecule has 1 aliphatic heterocycles. The first-order valence-electron chi connectivity index (χ1n) is 6.23. The van der Waals surface area contributed by atoms with E-state index in [4.69, 9.17) is 10.5 Å². The standard InChI is InChI=1S/C12H22N4O/c1-10-3-5-15(9-11(10)17-2)7-8-16-6-4-12(13)14-16/h4,6,10-11H,3,5,7-9H2,1-2H3,(H2,13,14). The number of ether oxygens (including phenoxy) is 1. The predicted molar refractivity (Wildman–Crippen MR) is 67.7 cm³/mol. The van der Waals surface area contributed by atoms with Crippen molar-refractivity contribution < 1.29 is 4.74 Å². The van der Waals surface area contributed by atoms with Crippen molar-refractivity contribution in [2.75, 3.05) is 32.5 Å². The SMILES string of the molecule is COC1CN(CCn2ccc(N)n2)CCC1C. The Morgan fingerprint density at radius 2 is 2.35 bits per heavy atom. The van der Waals surface area contributed by atoms with Crippen molar-refractivity contribution in [3.8, 4) is 0 Å². The van der Waals surface area contributed by atoms with Crippen molar-refractivity contribution >= 4 is 5.82 Å². The smallest absolute Gasteiger partial charge is 0.145 e. The molecule has 0 amide bonds. The number of methoxy groups -OCH3 is 1. The largest absolute Gasteiger partial charge is 0.382 e. The molecule has 0 spiro atoms. The van der Waals surface area contributed by atoms with Crippen LogP contribution in [0.25, 0.3) is 0 Å². The van der Waals surface area contributed by atoms with Crippen LogP contribution in [-0.4, -0.2) is 47.5 Å². The highest BCUT2D eigenvalue weighted by Gasteiger charge is 2.25. The fourth-order valence-electron chi connectivity index (χ4n) is 2.35. The average molecular weight is 238 g/mol. The topological polar surface area (TPSA) is 56.3 Å². The second kappa shape index (κ2) is 5.51. The number of anilines is 1. The van der Waals surface area contributed by atoms with Crippen LogP contribution in [0, 0.1) is 5.92 Å². The second-order valence-electron chi connectivity index (χ2n) is 4.84. The van der Waals surface area contributed by atoms with Gasteiger partial charge < -0.3 is 10.5 Å². The molecule has 2 rings (SSSR count). The third-order valence-corrected chi connectivity index (χ3v) is 3.58. The van der Waals surface area contributed by atoms with Crippen molar-refractivity contribution in [2.45, 2.75) is 26.0 Å². The van der Waals surface area contributed by atoms with E-state index < -0.39 is 0 Å². The number of piperidine rings is 1. The third kappa shape index (κ3) is 3.20. The number of nitrogens with two attached hydrogens (primary N) is 1. The molecule has 17 heavy (non-hydrogen) atoms. The molecule has 5 heteroatoms. The van der Waals surface area contributed by atoms with Crippen LogP contribution in [0.5, 0.6) is 0 Å². The summed E-state index contributed by atoms with van der Waals surface area (Å²) in [5.74, 6) is 1.25. The molecule has 0 aliphatic carbocycles. The lowest BCUT2D eigenvalue weighted by Gasteiger charge is -2.36. The Kier molecular flexibility index (Phi) is 4.02. The summed E-state index contributed by atoms with van der Waals surface area (Å²) in [5, 5.41) is 4.19. The highest BCUT2D eigenvalue weighted by molar-refractivity contribution is 5.23. The highest BCUT2D eigenvalue weighted by atomic mass is 16.5. The first-order chi connectivity index (χ1) is 8.19. The number of rotatable bonds is 4. The molecule has 96 valence electrons. The Morgan fingerprint density at radius 1 is 1.53 bits per heavy atom. The van der Waals surface area contributed by atoms with E-state index in [2.05, 4.69) is 16.9 Å². The summed E-state index contributed by atoms with van der Waals surface area (Å²) >= 11 is 0. The molecule has 5 nitrogen and oxygen atoms in total. The normalized spacial score (nSPS) is 26.2. The lowest BCUT2D eigenvalue weighted by atomic mass is 9.96. The summed E-state index contributed by atoms with van der Waals surface area (Å²) in [6.45, 7) is 6.33. The number of nitrogen functional groups attached to an aromatic ring is 1. The van der Waals surface area contributed by atoms with Crippen molar-refractivity contribution in [1.29, 1.82) is 0 Å². The fourth-order valence-corrected chi connectivity index (χ4v) is 2.35. The molecule has 1 saturated heterocycles. The molecule has 1 aromatic rings. The average Bonchev–Trinajstić information content (AvgIpc) is 2.74. The molecule has 1 aromatic heterocycles. The van der Waals surface area contributed by atoms with Crippen LogP contribution < -0.4 is 5.73 Å². The number of hydrogen-bond donors (Lipinski definition) is 1. The summed E-state index contributed by atoms with van der Waals surface area (Å²) in [7, 11) is 1.80. The Hall–Kier alpha value is -1.07. The molecule has 1 aliphatic rings. The van der Waals surface area contributed by atoms with Crippen molar-refractivity contribution in [3.63, 3.8) is 0 Å². The molecule has 1 fully saturated rings. The molecule has 2 unspecified atom stereocenters. The van der Waals surface area contributed by atoms with Gasteiger partial charge in [0.1, 0.15) is 5.82 Å². The fraction of sp³-hybridized carbons (Fsp3) is 0.750. The maximum atomic E-state index is 5.58. The molecule has 0 radical (unpaired) electrons. The van der Waals surface area contributed by atoms with E-state index in [1.165, 1.54) is 6.42 Å². The zero-order chi connectivity index (χ0) is 12.3. The minimum Gasteiger partial charge on any atom is -0.382 e. The molecular weight excluding hydrogens is 216 g/mol. The maximum absolute atomic E-state index is 5.58. The van der Waals surface area contributed by atoms with E-state index in [1.807, 2.05) is 16.9 Å². The van der Waals surface area contributed by atoms with Gasteiger partial charge in [-0.2, -0.15) is 5.10 Å². The van der Waals surface area contributed by atoms with Crippen LogP contribution in [0.15, 0.2) is 12.3 Å². The summed E-state index contributed by atoms with van der Waals surface area (Å²) in [6, 6.07) is 1.83. The molecule has 2 atom stereocenters. The van der Waals surface area contributed by atoms with E-state index in [0.29, 0.717) is 17.8 Å². The molecule has 2 heterocycles. The van der Waals surface area contributed by atoms with E-state index in [9.17, 15) is 0 Å². The van der Waals surface area contributed by atoms with Crippen LogP contribution in [0.4, 0.5) is 5.82 Å². The zero-order valence-electron chi connectivity index (χ0n) is 10.7. The van der Waals surface area contributed by atoms with Crippen LogP contribution in [0.1, 0.15) is 13.3 Å². The summed E-state index contributed by atoms with van der Waals surface area (Å²) in [5.41, 5.74) is 5.58. The van der Waals surface area contributed by atoms with Crippen LogP contribution >= 0.6 is 0 Å². The predicted octanol–water partition coefficient (Wildman–Crippen LogP) is 0.822. The van der Waals surface area contributed by atoms with Gasteiger partial charge in [-0.3, -0.25) is 9.58 Å².